The first kappa shape index (κ1) is 11.8. The van der Waals surface area contributed by atoms with Crippen molar-refractivity contribution >= 4 is 11.7 Å². The Hall–Kier alpha value is -2.23. The molecule has 1 aromatic heterocycles. The molecule has 1 atom stereocenters. The lowest BCUT2D eigenvalue weighted by molar-refractivity contribution is -0.135. The maximum Gasteiger partial charge on any atom is 0.311 e. The third kappa shape index (κ3) is 2.47. The molecule has 4 nitrogen and oxygen atoms in total. The maximum absolute atomic E-state index is 11.4. The van der Waals surface area contributed by atoms with Gasteiger partial charge in [0.15, 0.2) is 0 Å². The van der Waals surface area contributed by atoms with Gasteiger partial charge in [-0.3, -0.25) is 4.79 Å². The Morgan fingerprint density at radius 2 is 2.26 bits per heavy atom. The Morgan fingerprint density at radius 1 is 1.37 bits per heavy atom. The predicted octanol–water partition coefficient (Wildman–Crippen LogP) is 3.30. The van der Waals surface area contributed by atoms with Gasteiger partial charge in [-0.15, -0.1) is 0 Å². The standard InChI is InChI=1S/C15H15NO3/c1-10-6-15(17)19-14-7-12(2-3-13(10)14)16-8-11-4-5-18-9-11/h2-5,7,9-10,16H,6,8H2,1H3. The van der Waals surface area contributed by atoms with Crippen molar-refractivity contribution < 1.29 is 13.9 Å². The molecule has 1 aromatic carbocycles. The molecular formula is C15H15NO3. The SMILES string of the molecule is CC1CC(=O)Oc2cc(NCc3ccoc3)ccc21. The first-order valence-electron chi connectivity index (χ1n) is 6.32. The first-order valence-corrected chi connectivity index (χ1v) is 6.32. The van der Waals surface area contributed by atoms with E-state index in [-0.39, 0.29) is 11.9 Å². The molecular weight excluding hydrogens is 242 g/mol. The van der Waals surface area contributed by atoms with Crippen LogP contribution in [0.5, 0.6) is 5.75 Å². The number of carbonyl (C=O) groups excluding carboxylic acids is 1. The summed E-state index contributed by atoms with van der Waals surface area (Å²) in [6, 6.07) is 7.81. The van der Waals surface area contributed by atoms with Crippen LogP contribution in [0.1, 0.15) is 30.4 Å². The summed E-state index contributed by atoms with van der Waals surface area (Å²) < 4.78 is 10.3. The van der Waals surface area contributed by atoms with Crippen molar-refractivity contribution in [3.63, 3.8) is 0 Å². The van der Waals surface area contributed by atoms with Crippen molar-refractivity contribution in [2.24, 2.45) is 0 Å². The zero-order valence-corrected chi connectivity index (χ0v) is 10.7. The Kier molecular flexibility index (Phi) is 2.99. The molecule has 0 radical (unpaired) electrons. The minimum Gasteiger partial charge on any atom is -0.472 e. The highest BCUT2D eigenvalue weighted by atomic mass is 16.5. The number of ether oxygens (including phenoxy) is 1. The number of fused-ring (bicyclic) bond motifs is 1. The number of benzene rings is 1. The summed E-state index contributed by atoms with van der Waals surface area (Å²) >= 11 is 0. The van der Waals surface area contributed by atoms with E-state index in [4.69, 9.17) is 9.15 Å². The van der Waals surface area contributed by atoms with Crippen LogP contribution >= 0.6 is 0 Å². The highest BCUT2D eigenvalue weighted by Gasteiger charge is 2.23. The van der Waals surface area contributed by atoms with E-state index in [0.717, 1.165) is 16.8 Å². The minimum atomic E-state index is -0.160. The monoisotopic (exact) mass is 257 g/mol. The molecule has 19 heavy (non-hydrogen) atoms. The Morgan fingerprint density at radius 3 is 3.05 bits per heavy atom. The number of anilines is 1. The fourth-order valence-corrected chi connectivity index (χ4v) is 2.26. The van der Waals surface area contributed by atoms with Gasteiger partial charge >= 0.3 is 5.97 Å². The van der Waals surface area contributed by atoms with E-state index >= 15 is 0 Å². The predicted molar refractivity (Wildman–Crippen MR) is 71.1 cm³/mol. The second-order valence-electron chi connectivity index (χ2n) is 4.82. The van der Waals surface area contributed by atoms with Crippen molar-refractivity contribution in [1.82, 2.24) is 0 Å². The van der Waals surface area contributed by atoms with E-state index in [0.29, 0.717) is 18.7 Å². The van der Waals surface area contributed by atoms with Crippen molar-refractivity contribution in [2.45, 2.75) is 25.8 Å². The molecule has 0 saturated heterocycles. The van der Waals surface area contributed by atoms with Crippen LogP contribution in [-0.4, -0.2) is 5.97 Å². The summed E-state index contributed by atoms with van der Waals surface area (Å²) in [7, 11) is 0. The second-order valence-corrected chi connectivity index (χ2v) is 4.82. The molecule has 2 heterocycles. The number of carbonyl (C=O) groups is 1. The second kappa shape index (κ2) is 4.80. The molecule has 0 spiro atoms. The summed E-state index contributed by atoms with van der Waals surface area (Å²) in [5.41, 5.74) is 3.10. The van der Waals surface area contributed by atoms with Gasteiger partial charge in [0, 0.05) is 23.9 Å². The van der Waals surface area contributed by atoms with Gasteiger partial charge in [0.1, 0.15) is 5.75 Å². The van der Waals surface area contributed by atoms with Gasteiger partial charge in [-0.1, -0.05) is 13.0 Å². The molecule has 4 heteroatoms. The number of esters is 1. The van der Waals surface area contributed by atoms with Gasteiger partial charge in [0.25, 0.3) is 0 Å². The summed E-state index contributed by atoms with van der Waals surface area (Å²) in [6.45, 7) is 2.72. The first-order chi connectivity index (χ1) is 9.22. The van der Waals surface area contributed by atoms with Gasteiger partial charge < -0.3 is 14.5 Å². The number of furan rings is 1. The van der Waals surface area contributed by atoms with E-state index in [1.54, 1.807) is 12.5 Å². The highest BCUT2D eigenvalue weighted by molar-refractivity contribution is 5.77. The molecule has 3 rings (SSSR count). The number of nitrogens with one attached hydrogen (secondary N) is 1. The van der Waals surface area contributed by atoms with Crippen LogP contribution in [0.3, 0.4) is 0 Å². The largest absolute Gasteiger partial charge is 0.472 e. The molecule has 1 aliphatic heterocycles. The van der Waals surface area contributed by atoms with Crippen LogP contribution < -0.4 is 10.1 Å². The fourth-order valence-electron chi connectivity index (χ4n) is 2.26. The lowest BCUT2D eigenvalue weighted by Gasteiger charge is -2.22. The highest BCUT2D eigenvalue weighted by Crippen LogP contribution is 2.35. The van der Waals surface area contributed by atoms with E-state index in [9.17, 15) is 4.79 Å². The third-order valence-corrected chi connectivity index (χ3v) is 3.32. The summed E-state index contributed by atoms with van der Waals surface area (Å²) in [4.78, 5) is 11.4. The van der Waals surface area contributed by atoms with E-state index < -0.39 is 0 Å². The van der Waals surface area contributed by atoms with Crippen molar-refractivity contribution in [2.75, 3.05) is 5.32 Å². The quantitative estimate of drug-likeness (QED) is 0.677. The van der Waals surface area contributed by atoms with Gasteiger partial charge in [-0.05, 0) is 23.6 Å². The Labute approximate surface area is 111 Å². The Bertz CT molecular complexity index is 589. The van der Waals surface area contributed by atoms with Gasteiger partial charge in [0.05, 0.1) is 18.9 Å². The fraction of sp³-hybridized carbons (Fsp3) is 0.267. The minimum absolute atomic E-state index is 0.160. The zero-order valence-electron chi connectivity index (χ0n) is 10.7. The van der Waals surface area contributed by atoms with Crippen LogP contribution in [0.25, 0.3) is 0 Å². The summed E-state index contributed by atoms with van der Waals surface area (Å²) in [6.07, 6.45) is 3.80. The number of rotatable bonds is 3. The topological polar surface area (TPSA) is 51.5 Å². The number of hydrogen-bond donors (Lipinski definition) is 1. The van der Waals surface area contributed by atoms with E-state index in [2.05, 4.69) is 5.32 Å². The molecule has 0 bridgehead atoms. The molecule has 0 saturated carbocycles. The van der Waals surface area contributed by atoms with Crippen LogP contribution in [0, 0.1) is 0 Å². The van der Waals surface area contributed by atoms with Crippen LogP contribution in [0.2, 0.25) is 0 Å². The molecule has 0 aliphatic carbocycles. The van der Waals surface area contributed by atoms with Crippen LogP contribution in [0.15, 0.2) is 41.2 Å². The molecule has 1 N–H and O–H groups in total. The summed E-state index contributed by atoms with van der Waals surface area (Å²) in [5.74, 6) is 0.729. The molecule has 98 valence electrons. The van der Waals surface area contributed by atoms with Gasteiger partial charge in [-0.25, -0.2) is 0 Å². The summed E-state index contributed by atoms with van der Waals surface area (Å²) in [5, 5.41) is 3.28. The Balaban J connectivity index is 1.77. The van der Waals surface area contributed by atoms with Crippen molar-refractivity contribution in [3.05, 3.63) is 47.9 Å². The lowest BCUT2D eigenvalue weighted by atomic mass is 9.94. The number of hydrogen-bond acceptors (Lipinski definition) is 4. The molecule has 0 fully saturated rings. The average Bonchev–Trinajstić information content (AvgIpc) is 2.88. The van der Waals surface area contributed by atoms with Crippen molar-refractivity contribution in [1.29, 1.82) is 0 Å². The molecule has 2 aromatic rings. The maximum atomic E-state index is 11.4. The average molecular weight is 257 g/mol. The molecule has 1 unspecified atom stereocenters. The van der Waals surface area contributed by atoms with Crippen LogP contribution in [0.4, 0.5) is 5.69 Å². The van der Waals surface area contributed by atoms with Crippen molar-refractivity contribution in [3.8, 4) is 5.75 Å². The molecule has 1 aliphatic rings. The van der Waals surface area contributed by atoms with Gasteiger partial charge in [0.2, 0.25) is 0 Å². The van der Waals surface area contributed by atoms with E-state index in [1.807, 2.05) is 31.2 Å². The van der Waals surface area contributed by atoms with Gasteiger partial charge in [-0.2, -0.15) is 0 Å². The third-order valence-electron chi connectivity index (χ3n) is 3.32. The van der Waals surface area contributed by atoms with E-state index in [1.165, 1.54) is 0 Å². The lowest BCUT2D eigenvalue weighted by Crippen LogP contribution is -2.18. The van der Waals surface area contributed by atoms with Crippen LogP contribution in [-0.2, 0) is 11.3 Å². The smallest absolute Gasteiger partial charge is 0.311 e. The zero-order chi connectivity index (χ0) is 13.2. The molecule has 0 amide bonds. The normalized spacial score (nSPS) is 17.7.